The van der Waals surface area contributed by atoms with Crippen LogP contribution in [0.3, 0.4) is 0 Å². The molecule has 0 saturated carbocycles. The maximum absolute atomic E-state index is 12.4. The van der Waals surface area contributed by atoms with Crippen molar-refractivity contribution in [3.63, 3.8) is 0 Å². The standard InChI is InChI=1S/C19H27N3O4S/c1-12-8-9-17(13(2)11-12)7-6-10-20-19(23)15(4)22-27(24,25)18-14(3)21-26-16(18)5/h8-9,11,15,22H,6-7,10H2,1-5H3,(H,20,23)/t15-/m0/s1. The van der Waals surface area contributed by atoms with Crippen molar-refractivity contribution in [1.29, 1.82) is 0 Å². The fraction of sp³-hybridized carbons (Fsp3) is 0.474. The molecule has 0 aliphatic heterocycles. The van der Waals surface area contributed by atoms with Gasteiger partial charge < -0.3 is 9.84 Å². The smallest absolute Gasteiger partial charge is 0.246 e. The largest absolute Gasteiger partial charge is 0.360 e. The van der Waals surface area contributed by atoms with E-state index >= 15 is 0 Å². The van der Waals surface area contributed by atoms with Crippen LogP contribution >= 0.6 is 0 Å². The lowest BCUT2D eigenvalue weighted by molar-refractivity contribution is -0.122. The van der Waals surface area contributed by atoms with Crippen molar-refractivity contribution in [3.05, 3.63) is 46.3 Å². The summed E-state index contributed by atoms with van der Waals surface area (Å²) in [6, 6.07) is 5.42. The minimum Gasteiger partial charge on any atom is -0.360 e. The number of benzene rings is 1. The molecule has 0 bridgehead atoms. The number of nitrogens with zero attached hydrogens (tertiary/aromatic N) is 1. The summed E-state index contributed by atoms with van der Waals surface area (Å²) in [5.74, 6) is -0.174. The van der Waals surface area contributed by atoms with E-state index in [-0.39, 0.29) is 22.3 Å². The normalized spacial score (nSPS) is 12.8. The number of nitrogens with one attached hydrogen (secondary N) is 2. The summed E-state index contributed by atoms with van der Waals surface area (Å²) in [6.45, 7) is 9.18. The number of aryl methyl sites for hydroxylation is 5. The van der Waals surface area contributed by atoms with Crippen LogP contribution < -0.4 is 10.0 Å². The Labute approximate surface area is 160 Å². The maximum atomic E-state index is 12.4. The number of aromatic nitrogens is 1. The van der Waals surface area contributed by atoms with Crippen LogP contribution in [0.4, 0.5) is 0 Å². The van der Waals surface area contributed by atoms with Crippen LogP contribution in [0.5, 0.6) is 0 Å². The van der Waals surface area contributed by atoms with Crippen molar-refractivity contribution in [2.75, 3.05) is 6.54 Å². The van der Waals surface area contributed by atoms with Gasteiger partial charge in [0.15, 0.2) is 5.76 Å². The second-order valence-electron chi connectivity index (χ2n) is 6.82. The first-order valence-corrected chi connectivity index (χ1v) is 10.4. The number of hydrogen-bond donors (Lipinski definition) is 2. The SMILES string of the molecule is Cc1ccc(CCCNC(=O)[C@H](C)NS(=O)(=O)c2c(C)noc2C)c(C)c1. The summed E-state index contributed by atoms with van der Waals surface area (Å²) in [4.78, 5) is 12.2. The van der Waals surface area contributed by atoms with Gasteiger partial charge in [-0.05, 0) is 58.6 Å². The van der Waals surface area contributed by atoms with E-state index in [1.807, 2.05) is 0 Å². The molecule has 8 heteroatoms. The molecule has 7 nitrogen and oxygen atoms in total. The number of carbonyl (C=O) groups is 1. The van der Waals surface area contributed by atoms with Crippen molar-refractivity contribution in [3.8, 4) is 0 Å². The van der Waals surface area contributed by atoms with Gasteiger partial charge in [0.25, 0.3) is 0 Å². The molecule has 0 aliphatic rings. The molecule has 148 valence electrons. The lowest BCUT2D eigenvalue weighted by Crippen LogP contribution is -2.45. The summed E-state index contributed by atoms with van der Waals surface area (Å²) in [5, 5.41) is 6.42. The number of sulfonamides is 1. The van der Waals surface area contributed by atoms with Crippen LogP contribution in [0.25, 0.3) is 0 Å². The van der Waals surface area contributed by atoms with Gasteiger partial charge in [-0.25, -0.2) is 8.42 Å². The molecule has 1 aromatic heterocycles. The lowest BCUT2D eigenvalue weighted by atomic mass is 10.0. The third-order valence-electron chi connectivity index (χ3n) is 4.38. The first-order valence-electron chi connectivity index (χ1n) is 8.91. The minimum atomic E-state index is -3.87. The Balaban J connectivity index is 1.85. The topological polar surface area (TPSA) is 101 Å². The van der Waals surface area contributed by atoms with Crippen LogP contribution in [0.15, 0.2) is 27.6 Å². The molecule has 0 spiro atoms. The quantitative estimate of drug-likeness (QED) is 0.670. The molecule has 1 aromatic carbocycles. The van der Waals surface area contributed by atoms with Crippen LogP contribution in [0, 0.1) is 27.7 Å². The van der Waals surface area contributed by atoms with Crippen LogP contribution in [-0.2, 0) is 21.2 Å². The Morgan fingerprint density at radius 3 is 2.52 bits per heavy atom. The van der Waals surface area contributed by atoms with Crippen LogP contribution in [0.1, 0.15) is 41.5 Å². The van der Waals surface area contributed by atoms with Crippen molar-refractivity contribution in [1.82, 2.24) is 15.2 Å². The summed E-state index contributed by atoms with van der Waals surface area (Å²) in [5.41, 5.74) is 3.98. The van der Waals surface area contributed by atoms with Gasteiger partial charge in [-0.2, -0.15) is 4.72 Å². The van der Waals surface area contributed by atoms with Crippen LogP contribution in [0.2, 0.25) is 0 Å². The third kappa shape index (κ3) is 5.40. The van der Waals surface area contributed by atoms with E-state index in [9.17, 15) is 13.2 Å². The average Bonchev–Trinajstić information content (AvgIpc) is 2.92. The van der Waals surface area contributed by atoms with Crippen molar-refractivity contribution in [2.45, 2.75) is 58.4 Å². The second-order valence-corrected chi connectivity index (χ2v) is 8.47. The van der Waals surface area contributed by atoms with E-state index in [4.69, 9.17) is 4.52 Å². The lowest BCUT2D eigenvalue weighted by Gasteiger charge is -2.14. The molecule has 0 aliphatic carbocycles. The minimum absolute atomic E-state index is 0.0167. The highest BCUT2D eigenvalue weighted by atomic mass is 32.2. The molecular formula is C19H27N3O4S. The highest BCUT2D eigenvalue weighted by Gasteiger charge is 2.27. The number of amides is 1. The van der Waals surface area contributed by atoms with Crippen molar-refractivity contribution < 1.29 is 17.7 Å². The maximum Gasteiger partial charge on any atom is 0.246 e. The average molecular weight is 394 g/mol. The molecule has 1 heterocycles. The van der Waals surface area contributed by atoms with Crippen molar-refractivity contribution in [2.24, 2.45) is 0 Å². The molecule has 2 rings (SSSR count). The number of carbonyl (C=O) groups excluding carboxylic acids is 1. The predicted octanol–water partition coefficient (Wildman–Crippen LogP) is 2.32. The zero-order valence-electron chi connectivity index (χ0n) is 16.4. The second kappa shape index (κ2) is 8.67. The molecule has 27 heavy (non-hydrogen) atoms. The van der Waals surface area contributed by atoms with Gasteiger partial charge in [0.1, 0.15) is 10.6 Å². The van der Waals surface area contributed by atoms with Gasteiger partial charge in [-0.3, -0.25) is 4.79 Å². The van der Waals surface area contributed by atoms with E-state index < -0.39 is 16.1 Å². The Bertz CT molecular complexity index is 900. The highest BCUT2D eigenvalue weighted by molar-refractivity contribution is 7.89. The first kappa shape index (κ1) is 21.1. The molecular weight excluding hydrogens is 366 g/mol. The van der Waals surface area contributed by atoms with Gasteiger partial charge in [-0.15, -0.1) is 0 Å². The first-order chi connectivity index (χ1) is 12.6. The van der Waals surface area contributed by atoms with E-state index in [1.54, 1.807) is 6.92 Å². The summed E-state index contributed by atoms with van der Waals surface area (Å²) in [6.07, 6.45) is 1.63. The van der Waals surface area contributed by atoms with Gasteiger partial charge in [0.2, 0.25) is 15.9 Å². The molecule has 1 atom stereocenters. The van der Waals surface area contributed by atoms with Crippen molar-refractivity contribution >= 4 is 15.9 Å². The van der Waals surface area contributed by atoms with Gasteiger partial charge in [0, 0.05) is 6.54 Å². The zero-order chi connectivity index (χ0) is 20.2. The number of hydrogen-bond acceptors (Lipinski definition) is 5. The van der Waals surface area contributed by atoms with Crippen LogP contribution in [-0.4, -0.2) is 32.1 Å². The van der Waals surface area contributed by atoms with Gasteiger partial charge in [0.05, 0.1) is 6.04 Å². The molecule has 0 saturated heterocycles. The molecule has 2 aromatic rings. The fourth-order valence-electron chi connectivity index (χ4n) is 2.97. The number of rotatable bonds is 8. The molecule has 0 radical (unpaired) electrons. The van der Waals surface area contributed by atoms with E-state index in [1.165, 1.54) is 30.5 Å². The molecule has 1 amide bonds. The Hall–Kier alpha value is -2.19. The summed E-state index contributed by atoms with van der Waals surface area (Å²) in [7, 11) is -3.87. The van der Waals surface area contributed by atoms with E-state index in [0.29, 0.717) is 6.54 Å². The van der Waals surface area contributed by atoms with E-state index in [0.717, 1.165) is 12.8 Å². The Morgan fingerprint density at radius 1 is 1.22 bits per heavy atom. The predicted molar refractivity (Wildman–Crippen MR) is 103 cm³/mol. The van der Waals surface area contributed by atoms with Gasteiger partial charge in [-0.1, -0.05) is 28.9 Å². The Kier molecular flexibility index (Phi) is 6.78. The monoisotopic (exact) mass is 393 g/mol. The summed E-state index contributed by atoms with van der Waals surface area (Å²) >= 11 is 0. The van der Waals surface area contributed by atoms with E-state index in [2.05, 4.69) is 47.2 Å². The molecule has 0 unspecified atom stereocenters. The zero-order valence-corrected chi connectivity index (χ0v) is 17.2. The fourth-order valence-corrected chi connectivity index (χ4v) is 4.51. The molecule has 0 fully saturated rings. The summed E-state index contributed by atoms with van der Waals surface area (Å²) < 4.78 is 32.1. The third-order valence-corrected chi connectivity index (χ3v) is 6.17. The Morgan fingerprint density at radius 2 is 1.93 bits per heavy atom. The molecule has 2 N–H and O–H groups in total. The highest BCUT2D eigenvalue weighted by Crippen LogP contribution is 2.18. The van der Waals surface area contributed by atoms with Gasteiger partial charge >= 0.3 is 0 Å².